The molecule has 0 saturated carbocycles. The van der Waals surface area contributed by atoms with E-state index in [0.717, 1.165) is 4.90 Å². The third-order valence-electron chi connectivity index (χ3n) is 3.96. The first-order valence-electron chi connectivity index (χ1n) is 7.32. The number of nitrogens with zero attached hydrogens (tertiary/aromatic N) is 2. The molecule has 1 aliphatic heterocycles. The lowest BCUT2D eigenvalue weighted by Crippen LogP contribution is -2.29. The van der Waals surface area contributed by atoms with Gasteiger partial charge in [-0.25, -0.2) is 0 Å². The van der Waals surface area contributed by atoms with Gasteiger partial charge in [0.25, 0.3) is 17.5 Å². The number of non-ortho nitro benzene ring substituents is 1. The summed E-state index contributed by atoms with van der Waals surface area (Å²) in [5, 5.41) is 11.1. The first-order chi connectivity index (χ1) is 12.0. The van der Waals surface area contributed by atoms with Crippen LogP contribution in [-0.2, 0) is 6.54 Å². The van der Waals surface area contributed by atoms with Crippen LogP contribution in [0.1, 0.15) is 26.3 Å². The fraction of sp³-hybridized carbons (Fsp3) is 0.176. The van der Waals surface area contributed by atoms with E-state index in [1.165, 1.54) is 26.4 Å². The highest BCUT2D eigenvalue weighted by molar-refractivity contribution is 6.21. The summed E-state index contributed by atoms with van der Waals surface area (Å²) in [5.41, 5.74) is 0.708. The maximum Gasteiger partial charge on any atom is 0.273 e. The molecule has 25 heavy (non-hydrogen) atoms. The van der Waals surface area contributed by atoms with Crippen LogP contribution in [0.2, 0.25) is 0 Å². The van der Waals surface area contributed by atoms with E-state index in [1.54, 1.807) is 24.3 Å². The van der Waals surface area contributed by atoms with Crippen molar-refractivity contribution in [1.29, 1.82) is 0 Å². The molecule has 1 aliphatic rings. The van der Waals surface area contributed by atoms with Crippen molar-refractivity contribution in [2.24, 2.45) is 0 Å². The van der Waals surface area contributed by atoms with Crippen LogP contribution in [0.4, 0.5) is 5.69 Å². The predicted octanol–water partition coefficient (Wildman–Crippen LogP) is 2.41. The van der Waals surface area contributed by atoms with Gasteiger partial charge in [0, 0.05) is 11.6 Å². The number of hydrogen-bond donors (Lipinski definition) is 0. The van der Waals surface area contributed by atoms with Crippen molar-refractivity contribution < 1.29 is 24.0 Å². The summed E-state index contributed by atoms with van der Waals surface area (Å²) in [4.78, 5) is 36.6. The number of imide groups is 1. The van der Waals surface area contributed by atoms with Crippen LogP contribution in [0.15, 0.2) is 36.4 Å². The number of nitro groups is 1. The SMILES string of the molecule is COc1cc([N+](=O)[O-])cc(CN2C(=O)c3ccccc3C2=O)c1OC. The van der Waals surface area contributed by atoms with Crippen LogP contribution in [0.3, 0.4) is 0 Å². The Morgan fingerprint density at radius 1 is 1.04 bits per heavy atom. The molecular formula is C17H14N2O6. The Balaban J connectivity index is 2.04. The molecule has 2 amide bonds. The minimum atomic E-state index is -0.576. The van der Waals surface area contributed by atoms with Crippen LogP contribution in [0.25, 0.3) is 0 Å². The first-order valence-corrected chi connectivity index (χ1v) is 7.32. The highest BCUT2D eigenvalue weighted by Crippen LogP contribution is 2.37. The number of carbonyl (C=O) groups is 2. The Morgan fingerprint density at radius 3 is 2.12 bits per heavy atom. The van der Waals surface area contributed by atoms with Crippen LogP contribution in [0.5, 0.6) is 11.5 Å². The zero-order valence-electron chi connectivity index (χ0n) is 13.5. The van der Waals surface area contributed by atoms with Gasteiger partial charge < -0.3 is 9.47 Å². The minimum absolute atomic E-state index is 0.156. The van der Waals surface area contributed by atoms with E-state index in [4.69, 9.17) is 9.47 Å². The average molecular weight is 342 g/mol. The fourth-order valence-corrected chi connectivity index (χ4v) is 2.80. The molecule has 8 heteroatoms. The maximum absolute atomic E-state index is 12.5. The Kier molecular flexibility index (Phi) is 4.10. The van der Waals surface area contributed by atoms with Gasteiger partial charge >= 0.3 is 0 Å². The fourth-order valence-electron chi connectivity index (χ4n) is 2.80. The third-order valence-corrected chi connectivity index (χ3v) is 3.96. The van der Waals surface area contributed by atoms with Gasteiger partial charge in [0.15, 0.2) is 11.5 Å². The van der Waals surface area contributed by atoms with Gasteiger partial charge in [-0.2, -0.15) is 0 Å². The maximum atomic E-state index is 12.5. The third kappa shape index (κ3) is 2.67. The van der Waals surface area contributed by atoms with Crippen molar-refractivity contribution in [3.05, 3.63) is 63.2 Å². The van der Waals surface area contributed by atoms with Gasteiger partial charge in [-0.05, 0) is 12.1 Å². The molecule has 0 radical (unpaired) electrons. The van der Waals surface area contributed by atoms with Crippen LogP contribution >= 0.6 is 0 Å². The predicted molar refractivity (Wildman–Crippen MR) is 86.8 cm³/mol. The number of methoxy groups -OCH3 is 2. The normalized spacial score (nSPS) is 13.0. The number of carbonyl (C=O) groups excluding carboxylic acids is 2. The van der Waals surface area contributed by atoms with Crippen molar-refractivity contribution in [3.63, 3.8) is 0 Å². The molecule has 0 saturated heterocycles. The summed E-state index contributed by atoms with van der Waals surface area (Å²) in [7, 11) is 2.74. The second-order valence-electron chi connectivity index (χ2n) is 5.34. The smallest absolute Gasteiger partial charge is 0.273 e. The van der Waals surface area contributed by atoms with E-state index >= 15 is 0 Å². The van der Waals surface area contributed by atoms with Crippen molar-refractivity contribution in [2.45, 2.75) is 6.54 Å². The largest absolute Gasteiger partial charge is 0.493 e. The topological polar surface area (TPSA) is 99.0 Å². The number of nitro benzene ring substituents is 1. The van der Waals surface area contributed by atoms with Crippen LogP contribution in [0, 0.1) is 10.1 Å². The molecule has 0 spiro atoms. The highest BCUT2D eigenvalue weighted by atomic mass is 16.6. The summed E-state index contributed by atoms with van der Waals surface area (Å²) >= 11 is 0. The molecule has 0 N–H and O–H groups in total. The number of benzene rings is 2. The lowest BCUT2D eigenvalue weighted by atomic mass is 10.1. The zero-order valence-corrected chi connectivity index (χ0v) is 13.5. The van der Waals surface area contributed by atoms with E-state index in [0.29, 0.717) is 16.7 Å². The molecule has 0 fully saturated rings. The molecule has 3 rings (SSSR count). The Labute approximate surface area is 142 Å². The Bertz CT molecular complexity index is 858. The van der Waals surface area contributed by atoms with Crippen molar-refractivity contribution in [3.8, 4) is 11.5 Å². The summed E-state index contributed by atoms with van der Waals surface area (Å²) in [5.74, 6) is -0.505. The van der Waals surface area contributed by atoms with Crippen LogP contribution < -0.4 is 9.47 Å². The number of amides is 2. The molecular weight excluding hydrogens is 328 g/mol. The molecule has 1 heterocycles. The van der Waals surface area contributed by atoms with E-state index in [2.05, 4.69) is 0 Å². The molecule has 2 aromatic rings. The van der Waals surface area contributed by atoms with E-state index < -0.39 is 16.7 Å². The summed E-state index contributed by atoms with van der Waals surface area (Å²) in [6.07, 6.45) is 0. The van der Waals surface area contributed by atoms with Gasteiger partial charge in [-0.1, -0.05) is 12.1 Å². The molecule has 128 valence electrons. The molecule has 2 aromatic carbocycles. The average Bonchev–Trinajstić information content (AvgIpc) is 2.86. The van der Waals surface area contributed by atoms with Crippen molar-refractivity contribution in [2.75, 3.05) is 14.2 Å². The number of fused-ring (bicyclic) bond motifs is 1. The zero-order chi connectivity index (χ0) is 18.1. The molecule has 0 bridgehead atoms. The van der Waals surface area contributed by atoms with Crippen molar-refractivity contribution in [1.82, 2.24) is 4.90 Å². The Morgan fingerprint density at radius 2 is 1.64 bits per heavy atom. The monoisotopic (exact) mass is 342 g/mol. The van der Waals surface area contributed by atoms with Gasteiger partial charge in [-0.3, -0.25) is 24.6 Å². The summed E-state index contributed by atoms with van der Waals surface area (Å²) < 4.78 is 10.4. The molecule has 0 aliphatic carbocycles. The summed E-state index contributed by atoms with van der Waals surface area (Å²) in [6.45, 7) is -0.159. The van der Waals surface area contributed by atoms with Gasteiger partial charge in [0.1, 0.15) is 0 Å². The van der Waals surface area contributed by atoms with Crippen molar-refractivity contribution >= 4 is 17.5 Å². The van der Waals surface area contributed by atoms with Gasteiger partial charge in [-0.15, -0.1) is 0 Å². The second kappa shape index (κ2) is 6.23. The quantitative estimate of drug-likeness (QED) is 0.470. The van der Waals surface area contributed by atoms with E-state index in [9.17, 15) is 19.7 Å². The second-order valence-corrected chi connectivity index (χ2v) is 5.34. The number of rotatable bonds is 5. The standard InChI is InChI=1S/C17H14N2O6/c1-24-14-8-11(19(22)23)7-10(15(14)25-2)9-18-16(20)12-5-3-4-6-13(12)17(18)21/h3-8H,9H2,1-2H3. The minimum Gasteiger partial charge on any atom is -0.493 e. The van der Waals surface area contributed by atoms with Crippen LogP contribution in [-0.4, -0.2) is 35.9 Å². The molecule has 0 atom stereocenters. The lowest BCUT2D eigenvalue weighted by molar-refractivity contribution is -0.385. The molecule has 8 nitrogen and oxygen atoms in total. The lowest BCUT2D eigenvalue weighted by Gasteiger charge is -2.17. The van der Waals surface area contributed by atoms with Gasteiger partial charge in [0.05, 0.1) is 42.9 Å². The van der Waals surface area contributed by atoms with E-state index in [1.807, 2.05) is 0 Å². The number of ether oxygens (including phenoxy) is 2. The highest BCUT2D eigenvalue weighted by Gasteiger charge is 2.36. The first kappa shape index (κ1) is 16.4. The van der Waals surface area contributed by atoms with E-state index in [-0.39, 0.29) is 23.7 Å². The Hall–Kier alpha value is -3.42. The van der Waals surface area contributed by atoms with Gasteiger partial charge in [0.2, 0.25) is 0 Å². The number of hydrogen-bond acceptors (Lipinski definition) is 6. The summed E-state index contributed by atoms with van der Waals surface area (Å²) in [6, 6.07) is 8.98. The molecule has 0 unspecified atom stereocenters. The molecule has 0 aromatic heterocycles.